The Morgan fingerprint density at radius 3 is 2.61 bits per heavy atom. The van der Waals surface area contributed by atoms with Crippen LogP contribution in [0.4, 0.5) is 0 Å². The van der Waals surface area contributed by atoms with Gasteiger partial charge in [0.1, 0.15) is 4.83 Å². The molecule has 7 heteroatoms. The maximum absolute atomic E-state index is 13.0. The molecule has 0 aliphatic rings. The average molecular weight is 416 g/mol. The van der Waals surface area contributed by atoms with Crippen LogP contribution in [-0.2, 0) is 13.1 Å². The van der Waals surface area contributed by atoms with Crippen molar-refractivity contribution in [3.63, 3.8) is 0 Å². The molecular weight excluding hydrogens is 390 g/mol. The first-order valence-electron chi connectivity index (χ1n) is 9.24. The van der Waals surface area contributed by atoms with Crippen LogP contribution in [-0.4, -0.2) is 25.7 Å². The van der Waals surface area contributed by atoms with Gasteiger partial charge in [-0.3, -0.25) is 14.2 Å². The number of nitrogens with zero attached hydrogens (tertiary/aromatic N) is 3. The van der Waals surface area contributed by atoms with Crippen LogP contribution in [0, 0.1) is 27.7 Å². The zero-order valence-corrected chi connectivity index (χ0v) is 18.6. The number of carbonyl (C=O) groups is 1. The van der Waals surface area contributed by atoms with Gasteiger partial charge in [0, 0.05) is 34.9 Å². The molecule has 3 aromatic rings. The van der Waals surface area contributed by atoms with E-state index in [4.69, 9.17) is 4.98 Å². The van der Waals surface area contributed by atoms with Crippen molar-refractivity contribution in [3.8, 4) is 0 Å². The van der Waals surface area contributed by atoms with Crippen LogP contribution < -0.4 is 5.56 Å². The molecule has 3 heterocycles. The molecule has 0 fully saturated rings. The van der Waals surface area contributed by atoms with Gasteiger partial charge in [0.15, 0.2) is 10.9 Å². The fraction of sp³-hybridized carbons (Fsp3) is 0.381. The molecule has 3 aromatic heterocycles. The molecule has 0 atom stereocenters. The Kier molecular flexibility index (Phi) is 5.95. The van der Waals surface area contributed by atoms with E-state index >= 15 is 0 Å². The molecule has 0 saturated heterocycles. The molecule has 28 heavy (non-hydrogen) atoms. The van der Waals surface area contributed by atoms with Crippen molar-refractivity contribution in [3.05, 3.63) is 56.5 Å². The van der Waals surface area contributed by atoms with E-state index in [1.165, 1.54) is 23.1 Å². The molecular formula is C21H25N3O2S2. The van der Waals surface area contributed by atoms with Gasteiger partial charge in [0.05, 0.1) is 11.1 Å². The van der Waals surface area contributed by atoms with E-state index in [1.807, 2.05) is 33.8 Å². The lowest BCUT2D eigenvalue weighted by Gasteiger charge is -2.10. The molecule has 3 rings (SSSR count). The summed E-state index contributed by atoms with van der Waals surface area (Å²) >= 11 is 2.84. The Labute approximate surface area is 173 Å². The lowest BCUT2D eigenvalue weighted by Crippen LogP contribution is -2.23. The van der Waals surface area contributed by atoms with Crippen LogP contribution in [0.2, 0.25) is 0 Å². The van der Waals surface area contributed by atoms with Crippen molar-refractivity contribution in [2.45, 2.75) is 52.9 Å². The summed E-state index contributed by atoms with van der Waals surface area (Å²) in [5, 5.41) is 1.24. The van der Waals surface area contributed by atoms with E-state index in [-0.39, 0.29) is 17.1 Å². The summed E-state index contributed by atoms with van der Waals surface area (Å²) in [5.74, 6) is 0.294. The number of fused-ring (bicyclic) bond motifs is 1. The SMILES string of the molecule is C=CCn1c(SCC(=O)c2cc(C)n(CC)c2C)nc2sc(C)c(C)c2c1=O. The van der Waals surface area contributed by atoms with Gasteiger partial charge in [0.2, 0.25) is 0 Å². The lowest BCUT2D eigenvalue weighted by molar-refractivity contribution is 0.102. The fourth-order valence-corrected chi connectivity index (χ4v) is 5.45. The van der Waals surface area contributed by atoms with Gasteiger partial charge in [-0.25, -0.2) is 4.98 Å². The second-order valence-electron chi connectivity index (χ2n) is 6.80. The molecule has 0 radical (unpaired) electrons. The predicted molar refractivity (Wildman–Crippen MR) is 118 cm³/mol. The van der Waals surface area contributed by atoms with Crippen LogP contribution in [0.1, 0.15) is 39.1 Å². The van der Waals surface area contributed by atoms with E-state index in [0.29, 0.717) is 17.1 Å². The highest BCUT2D eigenvalue weighted by molar-refractivity contribution is 7.99. The standard InChI is InChI=1S/C21H25N3O2S2/c1-7-9-24-20(26)18-13(4)15(6)28-19(18)22-21(24)27-11-17(25)16-10-12(3)23(8-2)14(16)5/h7,10H,1,8-9,11H2,2-6H3. The summed E-state index contributed by atoms with van der Waals surface area (Å²) in [4.78, 5) is 32.4. The Morgan fingerprint density at radius 1 is 1.29 bits per heavy atom. The van der Waals surface area contributed by atoms with Crippen LogP contribution in [0.5, 0.6) is 0 Å². The molecule has 0 spiro atoms. The number of allylic oxidation sites excluding steroid dienone is 1. The minimum Gasteiger partial charge on any atom is -0.349 e. The number of thiophene rings is 1. The summed E-state index contributed by atoms with van der Waals surface area (Å²) in [6.07, 6.45) is 1.68. The van der Waals surface area contributed by atoms with Crippen molar-refractivity contribution in [1.82, 2.24) is 14.1 Å². The quantitative estimate of drug-likeness (QED) is 0.243. The molecule has 0 aliphatic carbocycles. The van der Waals surface area contributed by atoms with E-state index in [1.54, 1.807) is 10.6 Å². The van der Waals surface area contributed by atoms with Crippen molar-refractivity contribution < 1.29 is 4.79 Å². The van der Waals surface area contributed by atoms with E-state index in [0.717, 1.165) is 38.8 Å². The van der Waals surface area contributed by atoms with Gasteiger partial charge in [-0.1, -0.05) is 17.8 Å². The average Bonchev–Trinajstić information content (AvgIpc) is 3.11. The van der Waals surface area contributed by atoms with Gasteiger partial charge in [-0.05, 0) is 46.2 Å². The smallest absolute Gasteiger partial charge is 0.263 e. The normalized spacial score (nSPS) is 11.3. The zero-order chi connectivity index (χ0) is 20.6. The highest BCUT2D eigenvalue weighted by Gasteiger charge is 2.19. The molecule has 0 aliphatic heterocycles. The van der Waals surface area contributed by atoms with E-state index in [2.05, 4.69) is 18.1 Å². The van der Waals surface area contributed by atoms with E-state index < -0.39 is 0 Å². The summed E-state index contributed by atoms with van der Waals surface area (Å²) < 4.78 is 3.74. The first-order chi connectivity index (χ1) is 13.3. The third kappa shape index (κ3) is 3.49. The Bertz CT molecular complexity index is 1140. The van der Waals surface area contributed by atoms with Crippen LogP contribution in [0.3, 0.4) is 0 Å². The highest BCUT2D eigenvalue weighted by Crippen LogP contribution is 2.29. The molecule has 0 amide bonds. The van der Waals surface area contributed by atoms with Gasteiger partial charge in [-0.15, -0.1) is 17.9 Å². The topological polar surface area (TPSA) is 56.9 Å². The van der Waals surface area contributed by atoms with Crippen molar-refractivity contribution >= 4 is 39.1 Å². The zero-order valence-electron chi connectivity index (χ0n) is 17.0. The minimum atomic E-state index is -0.0640. The molecule has 5 nitrogen and oxygen atoms in total. The van der Waals surface area contributed by atoms with Gasteiger partial charge in [-0.2, -0.15) is 0 Å². The fourth-order valence-electron chi connectivity index (χ4n) is 3.49. The Balaban J connectivity index is 1.96. The largest absolute Gasteiger partial charge is 0.349 e. The monoisotopic (exact) mass is 415 g/mol. The van der Waals surface area contributed by atoms with Crippen LogP contribution in [0.25, 0.3) is 10.2 Å². The molecule has 0 bridgehead atoms. The molecule has 0 aromatic carbocycles. The first kappa shape index (κ1) is 20.6. The Hall–Kier alpha value is -2.12. The number of hydrogen-bond donors (Lipinski definition) is 0. The van der Waals surface area contributed by atoms with Crippen LogP contribution >= 0.6 is 23.1 Å². The summed E-state index contributed by atoms with van der Waals surface area (Å²) in [5.41, 5.74) is 3.73. The van der Waals surface area contributed by atoms with Gasteiger partial charge in [0.25, 0.3) is 5.56 Å². The van der Waals surface area contributed by atoms with Gasteiger partial charge < -0.3 is 4.57 Å². The van der Waals surface area contributed by atoms with E-state index in [9.17, 15) is 9.59 Å². The second-order valence-corrected chi connectivity index (χ2v) is 8.95. The lowest BCUT2D eigenvalue weighted by atomic mass is 10.2. The number of hydrogen-bond acceptors (Lipinski definition) is 5. The van der Waals surface area contributed by atoms with Gasteiger partial charge >= 0.3 is 0 Å². The summed E-state index contributed by atoms with van der Waals surface area (Å²) in [6.45, 7) is 15.0. The number of rotatable bonds is 7. The number of thioether (sulfide) groups is 1. The second kappa shape index (κ2) is 8.09. The maximum atomic E-state index is 13.0. The maximum Gasteiger partial charge on any atom is 0.263 e. The first-order valence-corrected chi connectivity index (χ1v) is 11.0. The molecule has 0 N–H and O–H groups in total. The summed E-state index contributed by atoms with van der Waals surface area (Å²) in [7, 11) is 0. The number of Topliss-reactive ketones (excluding diaryl/α,β-unsaturated/α-hetero) is 1. The Morgan fingerprint density at radius 2 is 2.00 bits per heavy atom. The molecule has 148 valence electrons. The third-order valence-electron chi connectivity index (χ3n) is 5.09. The predicted octanol–water partition coefficient (Wildman–Crippen LogP) is 4.67. The van der Waals surface area contributed by atoms with Crippen molar-refractivity contribution in [1.29, 1.82) is 0 Å². The minimum absolute atomic E-state index is 0.0517. The number of aromatic nitrogens is 3. The number of aryl methyl sites for hydroxylation is 3. The third-order valence-corrected chi connectivity index (χ3v) is 7.17. The van der Waals surface area contributed by atoms with Crippen molar-refractivity contribution in [2.24, 2.45) is 0 Å². The van der Waals surface area contributed by atoms with Crippen molar-refractivity contribution in [2.75, 3.05) is 5.75 Å². The summed E-state index contributed by atoms with van der Waals surface area (Å²) in [6, 6.07) is 1.95. The number of ketones is 1. The molecule has 0 unspecified atom stereocenters. The highest BCUT2D eigenvalue weighted by atomic mass is 32.2. The molecule has 0 saturated carbocycles. The van der Waals surface area contributed by atoms with Crippen LogP contribution in [0.15, 0.2) is 28.7 Å². The number of carbonyl (C=O) groups excluding carboxylic acids is 1.